The van der Waals surface area contributed by atoms with Gasteiger partial charge in [0.1, 0.15) is 0 Å². The Morgan fingerprint density at radius 3 is 2.59 bits per heavy atom. The van der Waals surface area contributed by atoms with Crippen LogP contribution in [0.4, 0.5) is 0 Å². The van der Waals surface area contributed by atoms with E-state index in [9.17, 15) is 14.4 Å². The number of rotatable bonds is 5. The minimum Gasteiger partial charge on any atom is -0.452 e. The molecule has 0 unspecified atom stereocenters. The lowest BCUT2D eigenvalue weighted by molar-refractivity contribution is -0.159. The minimum atomic E-state index is -0.783. The molecule has 0 spiro atoms. The molecular weight excluding hydrogens is 346 g/mol. The summed E-state index contributed by atoms with van der Waals surface area (Å²) in [4.78, 5) is 38.3. The van der Waals surface area contributed by atoms with E-state index < -0.39 is 12.1 Å². The number of aromatic nitrogens is 2. The molecule has 1 fully saturated rings. The predicted octanol–water partition coefficient (Wildman–Crippen LogP) is 2.12. The summed E-state index contributed by atoms with van der Waals surface area (Å²) in [6.45, 7) is 3.37. The Morgan fingerprint density at radius 1 is 1.15 bits per heavy atom. The Bertz CT molecular complexity index is 869. The minimum absolute atomic E-state index is 0.0808. The molecule has 1 aromatic heterocycles. The zero-order valence-electron chi connectivity index (χ0n) is 15.6. The summed E-state index contributed by atoms with van der Waals surface area (Å²) < 4.78 is 6.94. The zero-order valence-corrected chi connectivity index (χ0v) is 15.6. The van der Waals surface area contributed by atoms with E-state index in [0.717, 1.165) is 38.8 Å². The lowest BCUT2D eigenvalue weighted by atomic mass is 10.2. The van der Waals surface area contributed by atoms with Gasteiger partial charge in [-0.15, -0.1) is 0 Å². The number of nitrogens with zero attached hydrogens (tertiary/aromatic N) is 3. The highest BCUT2D eigenvalue weighted by molar-refractivity contribution is 5.83. The standard InChI is InChI=1S/C20H25N3O4/c1-15(20(26)22-11-6-2-3-7-12-22)27-19(25)10-13-23-17-9-5-4-8-16(17)18(24)14-21-23/h4-5,8-9,14-15H,2-3,6-7,10-13H2,1H3/t15-/m0/s1. The maximum atomic E-state index is 12.5. The first kappa shape index (κ1) is 19.1. The summed E-state index contributed by atoms with van der Waals surface area (Å²) in [5.41, 5.74) is 0.521. The third-order valence-corrected chi connectivity index (χ3v) is 4.86. The molecule has 1 atom stereocenters. The molecule has 1 aromatic carbocycles. The third-order valence-electron chi connectivity index (χ3n) is 4.86. The SMILES string of the molecule is C[C@H](OC(=O)CCn1ncc(=O)c2ccccc21)C(=O)N1CCCCCC1. The van der Waals surface area contributed by atoms with Gasteiger partial charge in [-0.25, -0.2) is 0 Å². The Labute approximate surface area is 157 Å². The van der Waals surface area contributed by atoms with Crippen LogP contribution in [0.25, 0.3) is 10.9 Å². The van der Waals surface area contributed by atoms with Gasteiger partial charge in [0.2, 0.25) is 5.43 Å². The van der Waals surface area contributed by atoms with Crippen molar-refractivity contribution in [3.63, 3.8) is 0 Å². The Kier molecular flexibility index (Phi) is 6.21. The first-order chi connectivity index (χ1) is 13.1. The number of amides is 1. The van der Waals surface area contributed by atoms with Gasteiger partial charge in [0.05, 0.1) is 24.7 Å². The van der Waals surface area contributed by atoms with Gasteiger partial charge in [-0.2, -0.15) is 5.10 Å². The van der Waals surface area contributed by atoms with Gasteiger partial charge in [0.15, 0.2) is 6.10 Å². The molecule has 27 heavy (non-hydrogen) atoms. The van der Waals surface area contributed by atoms with E-state index in [2.05, 4.69) is 5.10 Å². The number of para-hydroxylation sites is 1. The lowest BCUT2D eigenvalue weighted by Crippen LogP contribution is -2.40. The molecule has 3 rings (SSSR count). The predicted molar refractivity (Wildman–Crippen MR) is 101 cm³/mol. The van der Waals surface area contributed by atoms with Gasteiger partial charge in [-0.3, -0.25) is 19.1 Å². The average Bonchev–Trinajstić information content (AvgIpc) is 2.96. The van der Waals surface area contributed by atoms with Crippen molar-refractivity contribution in [2.24, 2.45) is 0 Å². The molecule has 1 aliphatic rings. The van der Waals surface area contributed by atoms with Crippen LogP contribution >= 0.6 is 0 Å². The first-order valence-electron chi connectivity index (χ1n) is 9.49. The molecule has 2 heterocycles. The van der Waals surface area contributed by atoms with Gasteiger partial charge in [0, 0.05) is 18.5 Å². The van der Waals surface area contributed by atoms with Crippen molar-refractivity contribution in [3.05, 3.63) is 40.7 Å². The maximum Gasteiger partial charge on any atom is 0.308 e. The number of hydrogen-bond acceptors (Lipinski definition) is 5. The summed E-state index contributed by atoms with van der Waals surface area (Å²) in [6, 6.07) is 7.13. The Morgan fingerprint density at radius 2 is 1.85 bits per heavy atom. The van der Waals surface area contributed by atoms with Crippen LogP contribution in [0.5, 0.6) is 0 Å². The van der Waals surface area contributed by atoms with Crippen LogP contribution in [0.3, 0.4) is 0 Å². The molecule has 0 radical (unpaired) electrons. The molecule has 7 nitrogen and oxygen atoms in total. The Balaban J connectivity index is 1.57. The number of carbonyl (C=O) groups is 2. The molecule has 0 saturated carbocycles. The maximum absolute atomic E-state index is 12.5. The summed E-state index contributed by atoms with van der Waals surface area (Å²) in [7, 11) is 0. The fraction of sp³-hybridized carbons (Fsp3) is 0.500. The largest absolute Gasteiger partial charge is 0.452 e. The molecule has 2 aromatic rings. The quantitative estimate of drug-likeness (QED) is 0.752. The second kappa shape index (κ2) is 8.79. The molecule has 144 valence electrons. The molecular formula is C20H25N3O4. The second-order valence-corrected chi connectivity index (χ2v) is 6.87. The second-order valence-electron chi connectivity index (χ2n) is 6.87. The summed E-state index contributed by atoms with van der Waals surface area (Å²) in [6.07, 6.45) is 4.82. The van der Waals surface area contributed by atoms with E-state index in [0.29, 0.717) is 10.9 Å². The number of esters is 1. The number of carbonyl (C=O) groups excluding carboxylic acids is 2. The Hall–Kier alpha value is -2.70. The lowest BCUT2D eigenvalue weighted by Gasteiger charge is -2.24. The van der Waals surface area contributed by atoms with E-state index in [-0.39, 0.29) is 24.3 Å². The van der Waals surface area contributed by atoms with Gasteiger partial charge >= 0.3 is 5.97 Å². The average molecular weight is 371 g/mol. The van der Waals surface area contributed by atoms with Crippen LogP contribution < -0.4 is 5.43 Å². The fourth-order valence-electron chi connectivity index (χ4n) is 3.39. The molecule has 0 bridgehead atoms. The van der Waals surface area contributed by atoms with Crippen LogP contribution in [-0.2, 0) is 20.9 Å². The van der Waals surface area contributed by atoms with Gasteiger partial charge in [0.25, 0.3) is 5.91 Å². The summed E-state index contributed by atoms with van der Waals surface area (Å²) >= 11 is 0. The monoisotopic (exact) mass is 371 g/mol. The van der Waals surface area contributed by atoms with Crippen molar-refractivity contribution in [3.8, 4) is 0 Å². The number of hydrogen-bond donors (Lipinski definition) is 0. The molecule has 1 amide bonds. The number of benzene rings is 1. The van der Waals surface area contributed by atoms with E-state index >= 15 is 0 Å². The van der Waals surface area contributed by atoms with Crippen LogP contribution in [0, 0.1) is 0 Å². The van der Waals surface area contributed by atoms with Crippen molar-refractivity contribution in [2.45, 2.75) is 51.7 Å². The van der Waals surface area contributed by atoms with Crippen molar-refractivity contribution < 1.29 is 14.3 Å². The normalized spacial score (nSPS) is 16.0. The van der Waals surface area contributed by atoms with Crippen LogP contribution in [0.2, 0.25) is 0 Å². The molecule has 0 N–H and O–H groups in total. The highest BCUT2D eigenvalue weighted by Crippen LogP contribution is 2.13. The summed E-state index contributed by atoms with van der Waals surface area (Å²) in [5, 5.41) is 4.66. The van der Waals surface area contributed by atoms with Crippen LogP contribution in [0.1, 0.15) is 39.0 Å². The van der Waals surface area contributed by atoms with Crippen molar-refractivity contribution in [1.82, 2.24) is 14.7 Å². The van der Waals surface area contributed by atoms with Gasteiger partial charge < -0.3 is 9.64 Å². The van der Waals surface area contributed by atoms with Crippen LogP contribution in [0.15, 0.2) is 35.3 Å². The third kappa shape index (κ3) is 4.72. The molecule has 1 saturated heterocycles. The number of ether oxygens (including phenoxy) is 1. The van der Waals surface area contributed by atoms with E-state index in [1.54, 1.807) is 34.7 Å². The molecule has 7 heteroatoms. The number of aryl methyl sites for hydroxylation is 1. The van der Waals surface area contributed by atoms with E-state index in [1.807, 2.05) is 6.07 Å². The van der Waals surface area contributed by atoms with E-state index in [1.165, 1.54) is 6.20 Å². The van der Waals surface area contributed by atoms with Crippen molar-refractivity contribution in [2.75, 3.05) is 13.1 Å². The summed E-state index contributed by atoms with van der Waals surface area (Å²) in [5.74, 6) is -0.576. The molecule has 0 aliphatic carbocycles. The first-order valence-corrected chi connectivity index (χ1v) is 9.49. The highest BCUT2D eigenvalue weighted by atomic mass is 16.5. The zero-order chi connectivity index (χ0) is 19.2. The smallest absolute Gasteiger partial charge is 0.308 e. The van der Waals surface area contributed by atoms with Crippen molar-refractivity contribution >= 4 is 22.8 Å². The molecule has 1 aliphatic heterocycles. The van der Waals surface area contributed by atoms with Gasteiger partial charge in [-0.1, -0.05) is 25.0 Å². The van der Waals surface area contributed by atoms with Crippen LogP contribution in [-0.4, -0.2) is 45.8 Å². The topological polar surface area (TPSA) is 81.5 Å². The number of fused-ring (bicyclic) bond motifs is 1. The van der Waals surface area contributed by atoms with Gasteiger partial charge in [-0.05, 0) is 31.9 Å². The number of likely N-dealkylation sites (tertiary alicyclic amines) is 1. The van der Waals surface area contributed by atoms with Crippen molar-refractivity contribution in [1.29, 1.82) is 0 Å². The fourth-order valence-corrected chi connectivity index (χ4v) is 3.39. The van der Waals surface area contributed by atoms with E-state index in [4.69, 9.17) is 4.74 Å². The highest BCUT2D eigenvalue weighted by Gasteiger charge is 2.24.